The third kappa shape index (κ3) is 6.04. The van der Waals surface area contributed by atoms with E-state index in [1.54, 1.807) is 6.92 Å². The van der Waals surface area contributed by atoms with E-state index < -0.39 is 0 Å². The highest BCUT2D eigenvalue weighted by atomic mass is 16.7. The molecular formula is C17H28O3. The summed E-state index contributed by atoms with van der Waals surface area (Å²) in [5, 5.41) is 8.36. The number of aliphatic hydroxyl groups excluding tert-OH is 1. The number of benzene rings is 1. The smallest absolute Gasteiger partial charge is 0.184 e. The van der Waals surface area contributed by atoms with Gasteiger partial charge in [0, 0.05) is 5.56 Å². The molecule has 0 amide bonds. The number of hydrogen-bond acceptors (Lipinski definition) is 3. The molecule has 1 saturated heterocycles. The minimum absolute atomic E-state index is 0.116. The van der Waals surface area contributed by atoms with Gasteiger partial charge in [-0.3, -0.25) is 0 Å². The molecule has 0 spiro atoms. The highest BCUT2D eigenvalue weighted by Crippen LogP contribution is 2.30. The van der Waals surface area contributed by atoms with Gasteiger partial charge in [0.25, 0.3) is 0 Å². The molecule has 1 N–H and O–H groups in total. The summed E-state index contributed by atoms with van der Waals surface area (Å²) in [6, 6.07) is 10.1. The van der Waals surface area contributed by atoms with Crippen LogP contribution in [0.25, 0.3) is 0 Å². The van der Waals surface area contributed by atoms with E-state index in [1.807, 2.05) is 25.1 Å². The normalized spacial score (nSPS) is 27.4. The molecule has 0 aliphatic carbocycles. The van der Waals surface area contributed by atoms with Crippen LogP contribution in [-0.4, -0.2) is 23.4 Å². The lowest BCUT2D eigenvalue weighted by atomic mass is 10.1. The van der Waals surface area contributed by atoms with E-state index in [4.69, 9.17) is 14.6 Å². The summed E-state index contributed by atoms with van der Waals surface area (Å²) in [5.41, 5.74) is 1.11. The predicted octanol–water partition coefficient (Wildman–Crippen LogP) is 4.07. The van der Waals surface area contributed by atoms with Crippen LogP contribution in [0.15, 0.2) is 30.3 Å². The number of rotatable bonds is 3. The van der Waals surface area contributed by atoms with Crippen molar-refractivity contribution < 1.29 is 14.6 Å². The molecule has 0 radical (unpaired) electrons. The Balaban J connectivity index is 0.000000347. The zero-order valence-electron chi connectivity index (χ0n) is 13.1. The Morgan fingerprint density at radius 2 is 1.80 bits per heavy atom. The van der Waals surface area contributed by atoms with Crippen LogP contribution in [0.2, 0.25) is 0 Å². The molecule has 1 fully saturated rings. The van der Waals surface area contributed by atoms with Crippen LogP contribution in [0, 0.1) is 0 Å². The van der Waals surface area contributed by atoms with Gasteiger partial charge in [0.05, 0.1) is 18.3 Å². The van der Waals surface area contributed by atoms with Crippen LogP contribution < -0.4 is 0 Å². The van der Waals surface area contributed by atoms with Gasteiger partial charge < -0.3 is 14.6 Å². The summed E-state index contributed by atoms with van der Waals surface area (Å²) in [7, 11) is 0. The van der Waals surface area contributed by atoms with E-state index in [0.29, 0.717) is 6.10 Å². The van der Waals surface area contributed by atoms with E-state index in [1.165, 1.54) is 0 Å². The molecule has 2 rings (SSSR count). The van der Waals surface area contributed by atoms with Gasteiger partial charge in [-0.25, -0.2) is 0 Å². The van der Waals surface area contributed by atoms with Crippen molar-refractivity contribution in [2.24, 2.45) is 0 Å². The average molecular weight is 280 g/mol. The SMILES string of the molecule is CCC(C)O.CCC1CC(C)OC(c2ccccc2)O1. The summed E-state index contributed by atoms with van der Waals surface area (Å²) >= 11 is 0. The fraction of sp³-hybridized carbons (Fsp3) is 0.647. The lowest BCUT2D eigenvalue weighted by molar-refractivity contribution is -0.243. The van der Waals surface area contributed by atoms with Crippen molar-refractivity contribution in [3.8, 4) is 0 Å². The molecule has 1 aliphatic heterocycles. The first-order valence-electron chi connectivity index (χ1n) is 7.60. The Labute approximate surface area is 122 Å². The van der Waals surface area contributed by atoms with Gasteiger partial charge in [-0.1, -0.05) is 44.2 Å². The van der Waals surface area contributed by atoms with E-state index in [9.17, 15) is 0 Å². The lowest BCUT2D eigenvalue weighted by Gasteiger charge is -2.34. The minimum atomic E-state index is -0.181. The Morgan fingerprint density at radius 3 is 2.30 bits per heavy atom. The van der Waals surface area contributed by atoms with E-state index >= 15 is 0 Å². The molecule has 3 nitrogen and oxygen atoms in total. The molecule has 1 aromatic rings. The third-order valence-electron chi connectivity index (χ3n) is 3.38. The zero-order valence-corrected chi connectivity index (χ0v) is 13.1. The van der Waals surface area contributed by atoms with Crippen LogP contribution in [0.5, 0.6) is 0 Å². The summed E-state index contributed by atoms with van der Waals surface area (Å²) in [5.74, 6) is 0. The van der Waals surface area contributed by atoms with E-state index in [-0.39, 0.29) is 18.5 Å². The van der Waals surface area contributed by atoms with Gasteiger partial charge in [0.15, 0.2) is 6.29 Å². The summed E-state index contributed by atoms with van der Waals surface area (Å²) < 4.78 is 11.7. The topological polar surface area (TPSA) is 38.7 Å². The molecule has 1 heterocycles. The average Bonchev–Trinajstić information content (AvgIpc) is 2.48. The van der Waals surface area contributed by atoms with Crippen LogP contribution in [0.3, 0.4) is 0 Å². The van der Waals surface area contributed by atoms with Crippen molar-refractivity contribution >= 4 is 0 Å². The maximum atomic E-state index is 8.36. The van der Waals surface area contributed by atoms with E-state index in [2.05, 4.69) is 26.0 Å². The first kappa shape index (κ1) is 17.2. The maximum absolute atomic E-state index is 8.36. The molecule has 0 bridgehead atoms. The lowest BCUT2D eigenvalue weighted by Crippen LogP contribution is -2.31. The number of aliphatic hydroxyl groups is 1. The van der Waals surface area contributed by atoms with Gasteiger partial charge in [-0.15, -0.1) is 0 Å². The molecule has 1 aromatic carbocycles. The maximum Gasteiger partial charge on any atom is 0.184 e. The van der Waals surface area contributed by atoms with Crippen molar-refractivity contribution in [1.29, 1.82) is 0 Å². The highest BCUT2D eigenvalue weighted by molar-refractivity contribution is 5.16. The van der Waals surface area contributed by atoms with Gasteiger partial charge in [-0.05, 0) is 33.1 Å². The Kier molecular flexibility index (Phi) is 7.82. The van der Waals surface area contributed by atoms with Gasteiger partial charge in [-0.2, -0.15) is 0 Å². The molecule has 3 heteroatoms. The van der Waals surface area contributed by atoms with Gasteiger partial charge in [0.2, 0.25) is 0 Å². The zero-order chi connectivity index (χ0) is 15.0. The summed E-state index contributed by atoms with van der Waals surface area (Å²) in [4.78, 5) is 0. The number of ether oxygens (including phenoxy) is 2. The molecule has 4 atom stereocenters. The number of hydrogen-bond donors (Lipinski definition) is 1. The molecule has 114 valence electrons. The van der Waals surface area contributed by atoms with Crippen molar-refractivity contribution in [3.63, 3.8) is 0 Å². The van der Waals surface area contributed by atoms with Gasteiger partial charge in [0.1, 0.15) is 0 Å². The molecular weight excluding hydrogens is 252 g/mol. The fourth-order valence-electron chi connectivity index (χ4n) is 1.93. The minimum Gasteiger partial charge on any atom is -0.393 e. The van der Waals surface area contributed by atoms with Crippen LogP contribution in [0.4, 0.5) is 0 Å². The quantitative estimate of drug-likeness (QED) is 0.907. The second-order valence-corrected chi connectivity index (χ2v) is 5.35. The monoisotopic (exact) mass is 280 g/mol. The summed E-state index contributed by atoms with van der Waals surface area (Å²) in [6.45, 7) is 8.00. The Hall–Kier alpha value is -0.900. The van der Waals surface area contributed by atoms with Crippen molar-refractivity contribution in [2.45, 2.75) is 71.6 Å². The first-order chi connectivity index (χ1) is 9.56. The van der Waals surface area contributed by atoms with E-state index in [0.717, 1.165) is 24.8 Å². The second kappa shape index (κ2) is 9.11. The standard InChI is InChI=1S/C13H18O2.C4H10O/c1-3-12-9-10(2)14-13(15-12)11-7-5-4-6-8-11;1-3-4(2)5/h4-8,10,12-13H,3,9H2,1-2H3;4-5H,3H2,1-2H3. The second-order valence-electron chi connectivity index (χ2n) is 5.35. The largest absolute Gasteiger partial charge is 0.393 e. The fourth-order valence-corrected chi connectivity index (χ4v) is 1.93. The highest BCUT2D eigenvalue weighted by Gasteiger charge is 2.27. The van der Waals surface area contributed by atoms with Crippen LogP contribution >= 0.6 is 0 Å². The predicted molar refractivity (Wildman–Crippen MR) is 81.5 cm³/mol. The van der Waals surface area contributed by atoms with Gasteiger partial charge >= 0.3 is 0 Å². The van der Waals surface area contributed by atoms with Crippen molar-refractivity contribution in [3.05, 3.63) is 35.9 Å². The van der Waals surface area contributed by atoms with Crippen molar-refractivity contribution in [2.75, 3.05) is 0 Å². The Bertz CT molecular complexity index is 351. The molecule has 4 unspecified atom stereocenters. The summed E-state index contributed by atoms with van der Waals surface area (Å²) in [6.07, 6.45) is 3.24. The van der Waals surface area contributed by atoms with Crippen LogP contribution in [-0.2, 0) is 9.47 Å². The Morgan fingerprint density at radius 1 is 1.20 bits per heavy atom. The molecule has 20 heavy (non-hydrogen) atoms. The van der Waals surface area contributed by atoms with Crippen LogP contribution in [0.1, 0.15) is 58.8 Å². The molecule has 0 saturated carbocycles. The molecule has 1 aliphatic rings. The third-order valence-corrected chi connectivity index (χ3v) is 3.38. The first-order valence-corrected chi connectivity index (χ1v) is 7.60. The molecule has 0 aromatic heterocycles. The van der Waals surface area contributed by atoms with Crippen molar-refractivity contribution in [1.82, 2.24) is 0 Å².